The highest BCUT2D eigenvalue weighted by Gasteiger charge is 2.21. The summed E-state index contributed by atoms with van der Waals surface area (Å²) < 4.78 is 0. The predicted molar refractivity (Wildman–Crippen MR) is 58.4 cm³/mol. The fourth-order valence-electron chi connectivity index (χ4n) is 2.28. The number of aryl methyl sites for hydroxylation is 1. The average molecular weight is 193 g/mol. The Bertz CT molecular complexity index is 286. The molecule has 3 nitrogen and oxygen atoms in total. The molecule has 0 amide bonds. The molecule has 78 valence electrons. The Kier molecular flexibility index (Phi) is 2.75. The van der Waals surface area contributed by atoms with E-state index in [1.807, 2.05) is 13.1 Å². The fourth-order valence-corrected chi connectivity index (χ4v) is 2.28. The quantitative estimate of drug-likeness (QED) is 0.775. The summed E-state index contributed by atoms with van der Waals surface area (Å²) in [4.78, 5) is 7.47. The van der Waals surface area contributed by atoms with Crippen molar-refractivity contribution in [1.29, 1.82) is 0 Å². The van der Waals surface area contributed by atoms with Crippen LogP contribution in [0.2, 0.25) is 0 Å². The maximum atomic E-state index is 4.26. The van der Waals surface area contributed by atoms with Crippen LogP contribution in [0.4, 0.5) is 5.95 Å². The van der Waals surface area contributed by atoms with E-state index in [0.717, 1.165) is 17.6 Å². The van der Waals surface area contributed by atoms with Crippen molar-refractivity contribution >= 4 is 5.95 Å². The third kappa shape index (κ3) is 2.08. The predicted octanol–water partition coefficient (Wildman–Crippen LogP) is 2.71. The van der Waals surface area contributed by atoms with E-state index in [2.05, 4.69) is 22.2 Å². The van der Waals surface area contributed by atoms with Gasteiger partial charge in [-0.25, -0.2) is 4.98 Å². The molecule has 1 fully saturated rings. The first-order valence-electron chi connectivity index (χ1n) is 5.54. The van der Waals surface area contributed by atoms with Crippen molar-refractivity contribution < 1.29 is 0 Å². The zero-order valence-electron chi connectivity index (χ0n) is 9.01. The maximum absolute atomic E-state index is 4.26. The van der Waals surface area contributed by atoms with E-state index in [9.17, 15) is 0 Å². The number of nitrogens with one attached hydrogen (secondary N) is 2. The van der Waals surface area contributed by atoms with Crippen LogP contribution in [0.1, 0.15) is 38.3 Å². The Balaban J connectivity index is 1.90. The van der Waals surface area contributed by atoms with Gasteiger partial charge in [0, 0.05) is 17.9 Å². The highest BCUT2D eigenvalue weighted by molar-refractivity contribution is 5.27. The Hall–Kier alpha value is -0.990. The molecule has 2 N–H and O–H groups in total. The van der Waals surface area contributed by atoms with Gasteiger partial charge in [0.25, 0.3) is 0 Å². The minimum atomic E-state index is 0.544. The average Bonchev–Trinajstić information content (AvgIpc) is 2.75. The fraction of sp³-hybridized carbons (Fsp3) is 0.727. The molecular weight excluding hydrogens is 174 g/mol. The molecule has 2 rings (SSSR count). The van der Waals surface area contributed by atoms with Gasteiger partial charge >= 0.3 is 0 Å². The molecule has 14 heavy (non-hydrogen) atoms. The Morgan fingerprint density at radius 1 is 1.50 bits per heavy atom. The van der Waals surface area contributed by atoms with Gasteiger partial charge in [-0.05, 0) is 32.6 Å². The summed E-state index contributed by atoms with van der Waals surface area (Å²) in [6.45, 7) is 4.28. The van der Waals surface area contributed by atoms with Crippen molar-refractivity contribution in [3.63, 3.8) is 0 Å². The lowest BCUT2D eigenvalue weighted by Gasteiger charge is -2.19. The number of nitrogens with zero attached hydrogens (tertiary/aromatic N) is 1. The second kappa shape index (κ2) is 4.03. The smallest absolute Gasteiger partial charge is 0.200 e. The number of anilines is 1. The first-order valence-corrected chi connectivity index (χ1v) is 5.54. The van der Waals surface area contributed by atoms with Gasteiger partial charge in [0.1, 0.15) is 0 Å². The van der Waals surface area contributed by atoms with Crippen molar-refractivity contribution in [2.75, 3.05) is 5.32 Å². The van der Waals surface area contributed by atoms with Gasteiger partial charge in [0.15, 0.2) is 0 Å². The van der Waals surface area contributed by atoms with Crippen molar-refractivity contribution in [2.45, 2.75) is 45.6 Å². The lowest BCUT2D eigenvalue weighted by Crippen LogP contribution is -2.24. The van der Waals surface area contributed by atoms with Gasteiger partial charge in [-0.3, -0.25) is 0 Å². The molecule has 1 atom stereocenters. The molecule has 1 aliphatic rings. The van der Waals surface area contributed by atoms with Crippen molar-refractivity contribution in [3.05, 3.63) is 11.9 Å². The topological polar surface area (TPSA) is 40.7 Å². The summed E-state index contributed by atoms with van der Waals surface area (Å²) in [5.41, 5.74) is 1.12. The van der Waals surface area contributed by atoms with E-state index in [1.54, 1.807) is 0 Å². The first-order chi connectivity index (χ1) is 6.75. The molecule has 0 spiro atoms. The molecule has 1 aromatic heterocycles. The lowest BCUT2D eigenvalue weighted by atomic mass is 10.0. The number of hydrogen-bond acceptors (Lipinski definition) is 2. The van der Waals surface area contributed by atoms with Gasteiger partial charge in [0.05, 0.1) is 0 Å². The van der Waals surface area contributed by atoms with Crippen LogP contribution in [-0.4, -0.2) is 16.0 Å². The zero-order chi connectivity index (χ0) is 9.97. The minimum absolute atomic E-state index is 0.544. The van der Waals surface area contributed by atoms with Crippen molar-refractivity contribution in [1.82, 2.24) is 9.97 Å². The third-order valence-electron chi connectivity index (χ3n) is 3.17. The molecule has 0 radical (unpaired) electrons. The minimum Gasteiger partial charge on any atom is -0.353 e. The van der Waals surface area contributed by atoms with E-state index < -0.39 is 0 Å². The monoisotopic (exact) mass is 193 g/mol. The van der Waals surface area contributed by atoms with Crippen LogP contribution in [0.3, 0.4) is 0 Å². The normalized spacial score (nSPS) is 19.9. The van der Waals surface area contributed by atoms with Crippen LogP contribution in [-0.2, 0) is 0 Å². The van der Waals surface area contributed by atoms with E-state index in [4.69, 9.17) is 0 Å². The highest BCUT2D eigenvalue weighted by Crippen LogP contribution is 2.28. The van der Waals surface area contributed by atoms with E-state index in [0.29, 0.717) is 6.04 Å². The summed E-state index contributed by atoms with van der Waals surface area (Å²) >= 11 is 0. The number of H-pyrrole nitrogens is 1. The molecule has 0 bridgehead atoms. The van der Waals surface area contributed by atoms with Crippen LogP contribution in [0.15, 0.2) is 6.20 Å². The zero-order valence-corrected chi connectivity index (χ0v) is 9.01. The summed E-state index contributed by atoms with van der Waals surface area (Å²) in [6.07, 6.45) is 7.40. The van der Waals surface area contributed by atoms with Gasteiger partial charge in [-0.1, -0.05) is 12.8 Å². The molecule has 1 aliphatic carbocycles. The van der Waals surface area contributed by atoms with Crippen LogP contribution >= 0.6 is 0 Å². The Morgan fingerprint density at radius 3 is 2.79 bits per heavy atom. The van der Waals surface area contributed by atoms with E-state index in [1.165, 1.54) is 25.7 Å². The number of rotatable bonds is 3. The van der Waals surface area contributed by atoms with Gasteiger partial charge in [0.2, 0.25) is 5.95 Å². The number of aromatic nitrogens is 2. The summed E-state index contributed by atoms with van der Waals surface area (Å²) in [6, 6.07) is 0.544. The molecule has 1 unspecified atom stereocenters. The molecule has 0 aliphatic heterocycles. The number of imidazole rings is 1. The number of aromatic amines is 1. The van der Waals surface area contributed by atoms with Crippen molar-refractivity contribution in [3.8, 4) is 0 Å². The molecule has 1 saturated carbocycles. The molecular formula is C11H19N3. The third-order valence-corrected chi connectivity index (χ3v) is 3.17. The Morgan fingerprint density at radius 2 is 2.21 bits per heavy atom. The highest BCUT2D eigenvalue weighted by atomic mass is 15.1. The maximum Gasteiger partial charge on any atom is 0.200 e. The molecule has 0 aromatic carbocycles. The second-order valence-corrected chi connectivity index (χ2v) is 4.39. The first kappa shape index (κ1) is 9.56. The van der Waals surface area contributed by atoms with Crippen LogP contribution < -0.4 is 5.32 Å². The summed E-state index contributed by atoms with van der Waals surface area (Å²) in [7, 11) is 0. The standard InChI is InChI=1S/C11H19N3/c1-8-7-12-11(13-8)14-9(2)10-5-3-4-6-10/h7,9-10H,3-6H2,1-2H3,(H2,12,13,14). The molecule has 0 saturated heterocycles. The van der Waals surface area contributed by atoms with Gasteiger partial charge in [-0.15, -0.1) is 0 Å². The molecule has 1 aromatic rings. The van der Waals surface area contributed by atoms with Crippen molar-refractivity contribution in [2.24, 2.45) is 5.92 Å². The summed E-state index contributed by atoms with van der Waals surface area (Å²) in [5, 5.41) is 3.44. The van der Waals surface area contributed by atoms with Crippen LogP contribution in [0, 0.1) is 12.8 Å². The lowest BCUT2D eigenvalue weighted by molar-refractivity contribution is 0.480. The SMILES string of the molecule is Cc1cnc(NC(C)C2CCCC2)[nH]1. The Labute approximate surface area is 85.3 Å². The molecule has 1 heterocycles. The molecule has 3 heteroatoms. The van der Waals surface area contributed by atoms with Crippen LogP contribution in [0.5, 0.6) is 0 Å². The number of hydrogen-bond donors (Lipinski definition) is 2. The summed E-state index contributed by atoms with van der Waals surface area (Å²) in [5.74, 6) is 1.75. The van der Waals surface area contributed by atoms with E-state index >= 15 is 0 Å². The van der Waals surface area contributed by atoms with E-state index in [-0.39, 0.29) is 0 Å². The van der Waals surface area contributed by atoms with Gasteiger partial charge in [-0.2, -0.15) is 0 Å². The largest absolute Gasteiger partial charge is 0.353 e. The second-order valence-electron chi connectivity index (χ2n) is 4.39. The van der Waals surface area contributed by atoms with Crippen LogP contribution in [0.25, 0.3) is 0 Å². The van der Waals surface area contributed by atoms with Gasteiger partial charge < -0.3 is 10.3 Å².